The minimum Gasteiger partial charge on any atom is -0.366 e. The number of nitrogens with zero attached hydrogens (tertiary/aromatic N) is 2. The van der Waals surface area contributed by atoms with Gasteiger partial charge in [0.2, 0.25) is 5.91 Å². The van der Waals surface area contributed by atoms with Crippen molar-refractivity contribution in [3.05, 3.63) is 60.2 Å². The Morgan fingerprint density at radius 1 is 0.878 bits per heavy atom. The number of benzene rings is 2. The van der Waals surface area contributed by atoms with Crippen LogP contribution in [0.1, 0.15) is 91.0 Å². The molecule has 0 N–H and O–H groups in total. The molecule has 6 heteroatoms. The summed E-state index contributed by atoms with van der Waals surface area (Å²) in [5.41, 5.74) is 1.94. The largest absolute Gasteiger partial charge is 0.366 e. The Labute approximate surface area is 245 Å². The van der Waals surface area contributed by atoms with E-state index < -0.39 is 17.3 Å². The lowest BCUT2D eigenvalue weighted by Crippen LogP contribution is -2.45. The Hall–Kier alpha value is -3.28. The van der Waals surface area contributed by atoms with Crippen molar-refractivity contribution in [2.24, 2.45) is 17.3 Å². The van der Waals surface area contributed by atoms with Gasteiger partial charge in [0.15, 0.2) is 5.78 Å². The number of para-hydroxylation sites is 2. The van der Waals surface area contributed by atoms with E-state index in [1.54, 1.807) is 4.90 Å². The third-order valence-corrected chi connectivity index (χ3v) is 8.69. The van der Waals surface area contributed by atoms with Gasteiger partial charge in [0.1, 0.15) is 11.6 Å². The van der Waals surface area contributed by atoms with Crippen molar-refractivity contribution in [2.45, 2.75) is 91.5 Å². The van der Waals surface area contributed by atoms with Crippen molar-refractivity contribution in [3.8, 4) is 0 Å². The summed E-state index contributed by atoms with van der Waals surface area (Å²) in [4.78, 5) is 58.4. The first-order valence-electron chi connectivity index (χ1n) is 15.3. The Morgan fingerprint density at radius 2 is 1.49 bits per heavy atom. The molecule has 2 aliphatic rings. The number of amides is 1. The zero-order chi connectivity index (χ0) is 29.7. The number of ketones is 3. The van der Waals surface area contributed by atoms with Gasteiger partial charge in [-0.2, -0.15) is 0 Å². The lowest BCUT2D eigenvalue weighted by atomic mass is 9.83. The van der Waals surface area contributed by atoms with Gasteiger partial charge in [-0.3, -0.25) is 19.2 Å². The number of rotatable bonds is 10. The van der Waals surface area contributed by atoms with Crippen LogP contribution in [0.5, 0.6) is 0 Å². The summed E-state index contributed by atoms with van der Waals surface area (Å²) in [6.07, 6.45) is 5.70. The summed E-state index contributed by atoms with van der Waals surface area (Å²) < 4.78 is 0. The van der Waals surface area contributed by atoms with E-state index in [1.165, 1.54) is 6.42 Å². The first-order valence-corrected chi connectivity index (χ1v) is 15.3. The van der Waals surface area contributed by atoms with Gasteiger partial charge in [0, 0.05) is 42.7 Å². The van der Waals surface area contributed by atoms with Crippen LogP contribution in [0.3, 0.4) is 0 Å². The molecule has 1 heterocycles. The number of hydrogen-bond donors (Lipinski definition) is 0. The first-order chi connectivity index (χ1) is 19.5. The predicted octanol–water partition coefficient (Wildman–Crippen LogP) is 6.76. The molecule has 41 heavy (non-hydrogen) atoms. The molecule has 2 aromatic rings. The number of carbonyl (C=O) groups excluding carboxylic acids is 4. The van der Waals surface area contributed by atoms with Crippen LogP contribution in [0.4, 0.5) is 11.4 Å². The molecule has 1 fully saturated rings. The maximum atomic E-state index is 14.3. The van der Waals surface area contributed by atoms with Crippen molar-refractivity contribution < 1.29 is 19.2 Å². The summed E-state index contributed by atoms with van der Waals surface area (Å²) in [7, 11) is 0. The van der Waals surface area contributed by atoms with E-state index >= 15 is 0 Å². The minimum atomic E-state index is -0.602. The number of fused-ring (bicyclic) bond motifs is 1. The summed E-state index contributed by atoms with van der Waals surface area (Å²) >= 11 is 0. The molecule has 0 aromatic heterocycles. The van der Waals surface area contributed by atoms with Crippen LogP contribution in [-0.4, -0.2) is 42.4 Å². The summed E-state index contributed by atoms with van der Waals surface area (Å²) in [5, 5.41) is 0. The predicted molar refractivity (Wildman–Crippen MR) is 164 cm³/mol. The van der Waals surface area contributed by atoms with Crippen molar-refractivity contribution in [1.29, 1.82) is 0 Å². The second-order valence-electron chi connectivity index (χ2n) is 13.2. The molecule has 0 saturated heterocycles. The topological polar surface area (TPSA) is 74.8 Å². The lowest BCUT2D eigenvalue weighted by Gasteiger charge is -2.37. The summed E-state index contributed by atoms with van der Waals surface area (Å²) in [5.74, 6) is -1.61. The van der Waals surface area contributed by atoms with Crippen LogP contribution in [0.25, 0.3) is 0 Å². The molecule has 6 nitrogen and oxygen atoms in total. The van der Waals surface area contributed by atoms with E-state index in [2.05, 4.69) is 4.90 Å². The molecule has 1 aliphatic carbocycles. The Bertz CT molecular complexity index is 1240. The quantitative estimate of drug-likeness (QED) is 0.322. The highest BCUT2D eigenvalue weighted by molar-refractivity contribution is 6.06. The summed E-state index contributed by atoms with van der Waals surface area (Å²) in [6.45, 7) is 9.74. The average molecular weight is 559 g/mol. The van der Waals surface area contributed by atoms with Crippen molar-refractivity contribution in [2.75, 3.05) is 22.9 Å². The molecule has 1 unspecified atom stereocenters. The fraction of sp³-hybridized carbons (Fsp3) is 0.543. The van der Waals surface area contributed by atoms with Gasteiger partial charge < -0.3 is 9.80 Å². The van der Waals surface area contributed by atoms with Crippen LogP contribution in [0.15, 0.2) is 54.6 Å². The van der Waals surface area contributed by atoms with Crippen LogP contribution in [0.2, 0.25) is 0 Å². The van der Waals surface area contributed by atoms with E-state index in [9.17, 15) is 19.2 Å². The van der Waals surface area contributed by atoms with Gasteiger partial charge in [-0.15, -0.1) is 0 Å². The van der Waals surface area contributed by atoms with E-state index in [1.807, 2.05) is 89.2 Å². The molecule has 0 spiro atoms. The monoisotopic (exact) mass is 558 g/mol. The van der Waals surface area contributed by atoms with Crippen molar-refractivity contribution >= 4 is 34.6 Å². The van der Waals surface area contributed by atoms with Gasteiger partial charge in [0.05, 0.1) is 23.8 Å². The van der Waals surface area contributed by atoms with Gasteiger partial charge >= 0.3 is 0 Å². The number of hydrogen-bond acceptors (Lipinski definition) is 5. The zero-order valence-electron chi connectivity index (χ0n) is 25.4. The Kier molecular flexibility index (Phi) is 9.83. The number of Topliss-reactive ketones (excluding diaryl/α,β-unsaturated/α-hetero) is 3. The number of anilines is 2. The van der Waals surface area contributed by atoms with Crippen molar-refractivity contribution in [3.63, 3.8) is 0 Å². The molecule has 1 saturated carbocycles. The fourth-order valence-corrected chi connectivity index (χ4v) is 6.18. The third-order valence-electron chi connectivity index (χ3n) is 8.69. The highest BCUT2D eigenvalue weighted by Gasteiger charge is 2.39. The van der Waals surface area contributed by atoms with Gasteiger partial charge in [-0.25, -0.2) is 0 Å². The maximum absolute atomic E-state index is 14.3. The van der Waals surface area contributed by atoms with Gasteiger partial charge in [-0.05, 0) is 30.5 Å². The molecule has 220 valence electrons. The number of carbonyl (C=O) groups is 4. The molecular weight excluding hydrogens is 512 g/mol. The molecular formula is C35H46N2O4. The van der Waals surface area contributed by atoms with E-state index in [0.29, 0.717) is 6.54 Å². The zero-order valence-corrected chi connectivity index (χ0v) is 25.4. The molecule has 2 atom stereocenters. The standard InChI is InChI=1S/C35H46N2O4/c1-24(2)33(40)29(25-14-8-6-9-15-25)21-28(38)20-26-22-36(27-16-10-7-11-17-27)30-18-12-13-19-31(30)37(34(26)41)23-32(39)35(3,4)5/h6,8-9,12-15,18-19,24,26-27,29H,7,10-11,16-17,20-23H2,1-5H3/t26-,29?/m1/s1. The van der Waals surface area contributed by atoms with E-state index in [4.69, 9.17) is 0 Å². The molecule has 0 bridgehead atoms. The van der Waals surface area contributed by atoms with Crippen LogP contribution < -0.4 is 9.80 Å². The highest BCUT2D eigenvalue weighted by atomic mass is 16.2. The molecule has 1 aliphatic heterocycles. The lowest BCUT2D eigenvalue weighted by molar-refractivity contribution is -0.131. The van der Waals surface area contributed by atoms with Crippen LogP contribution >= 0.6 is 0 Å². The molecule has 4 rings (SSSR count). The van der Waals surface area contributed by atoms with Gasteiger partial charge in [0.25, 0.3) is 0 Å². The molecule has 2 aromatic carbocycles. The second-order valence-corrected chi connectivity index (χ2v) is 13.2. The smallest absolute Gasteiger partial charge is 0.232 e. The van der Waals surface area contributed by atoms with Crippen LogP contribution in [-0.2, 0) is 19.2 Å². The Morgan fingerprint density at radius 3 is 2.10 bits per heavy atom. The minimum absolute atomic E-state index is 0.0245. The van der Waals surface area contributed by atoms with Crippen LogP contribution in [0, 0.1) is 17.3 Å². The Balaban J connectivity index is 1.67. The van der Waals surface area contributed by atoms with E-state index in [0.717, 1.165) is 42.6 Å². The highest BCUT2D eigenvalue weighted by Crippen LogP contribution is 2.39. The summed E-state index contributed by atoms with van der Waals surface area (Å²) in [6, 6.07) is 17.6. The van der Waals surface area contributed by atoms with Gasteiger partial charge in [-0.1, -0.05) is 96.3 Å². The van der Waals surface area contributed by atoms with Crippen molar-refractivity contribution in [1.82, 2.24) is 0 Å². The third kappa shape index (κ3) is 7.33. The SMILES string of the molecule is CC(C)C(=O)C(CC(=O)C[C@@H]1CN(C2CCCCC2)c2ccccc2N(CC(=O)C(C)(C)C)C1=O)c1ccccc1. The fourth-order valence-electron chi connectivity index (χ4n) is 6.18. The van der Waals surface area contributed by atoms with E-state index in [-0.39, 0.29) is 54.6 Å². The first kappa shape index (κ1) is 30.7. The molecule has 0 radical (unpaired) electrons. The average Bonchev–Trinajstić information content (AvgIpc) is 3.06. The maximum Gasteiger partial charge on any atom is 0.232 e. The second kappa shape index (κ2) is 13.1. The normalized spacial score (nSPS) is 19.1. The molecule has 1 amide bonds.